The van der Waals surface area contributed by atoms with Crippen LogP contribution in [0.25, 0.3) is 0 Å². The van der Waals surface area contributed by atoms with Gasteiger partial charge in [0.15, 0.2) is 0 Å². The average Bonchev–Trinajstić information content (AvgIpc) is 1.80. The second-order valence-electron chi connectivity index (χ2n) is 1.98. The molecule has 0 aliphatic carbocycles. The van der Waals surface area contributed by atoms with Gasteiger partial charge < -0.3 is 0 Å². The number of halogens is 1. The second kappa shape index (κ2) is 2.02. The van der Waals surface area contributed by atoms with Crippen molar-refractivity contribution in [2.75, 3.05) is 0 Å². The van der Waals surface area contributed by atoms with E-state index in [1.54, 1.807) is 13.8 Å². The van der Waals surface area contributed by atoms with Crippen molar-refractivity contribution in [2.24, 2.45) is 0 Å². The maximum Gasteiger partial charge on any atom is 0.349 e. The lowest BCUT2D eigenvalue weighted by Gasteiger charge is -1.77. The van der Waals surface area contributed by atoms with Gasteiger partial charge in [-0.05, 0) is 18.0 Å². The first kappa shape index (κ1) is 6.03. The van der Waals surface area contributed by atoms with Crippen molar-refractivity contribution in [1.29, 1.82) is 0 Å². The maximum absolute atomic E-state index is 12.5. The Morgan fingerprint density at radius 3 is 2.67 bits per heavy atom. The van der Waals surface area contributed by atoms with Gasteiger partial charge >= 0.3 is 11.9 Å². The molecule has 0 aromatic carbocycles. The van der Waals surface area contributed by atoms with Gasteiger partial charge in [-0.15, -0.1) is 0 Å². The molecule has 0 amide bonds. The number of aromatic nitrogens is 1. The van der Waals surface area contributed by atoms with Crippen LogP contribution >= 0.6 is 0 Å². The highest BCUT2D eigenvalue weighted by Gasteiger charge is 2.05. The van der Waals surface area contributed by atoms with Crippen LogP contribution in [0.2, 0.25) is 0 Å². The topological polar surface area (TPSA) is 14.1 Å². The zero-order chi connectivity index (χ0) is 6.85. The molecule has 0 aliphatic heterocycles. The predicted octanol–water partition coefficient (Wildman–Crippen LogP) is 0.843. The Balaban J connectivity index is 3.17. The van der Waals surface area contributed by atoms with E-state index in [-0.39, 0.29) is 5.82 Å². The van der Waals surface area contributed by atoms with E-state index in [2.05, 4.69) is 11.2 Å². The molecule has 2 heteroatoms. The summed E-state index contributed by atoms with van der Waals surface area (Å²) in [4.78, 5) is 3.68. The Morgan fingerprint density at radius 2 is 2.22 bits per heavy atom. The van der Waals surface area contributed by atoms with E-state index < -0.39 is 0 Å². The number of hydrogen-bond donors (Lipinski definition) is 0. The molecule has 0 saturated carbocycles. The summed E-state index contributed by atoms with van der Waals surface area (Å²) < 4.78 is 12.5. The lowest BCUT2D eigenvalue weighted by atomic mass is 10.3. The van der Waals surface area contributed by atoms with Crippen LogP contribution in [0.5, 0.6) is 0 Å². The van der Waals surface area contributed by atoms with E-state index in [0.717, 1.165) is 5.56 Å². The summed E-state index contributed by atoms with van der Waals surface area (Å²) in [5, 5.41) is 0. The number of rotatable bonds is 0. The lowest BCUT2D eigenvalue weighted by Crippen LogP contribution is -2.00. The first-order valence-electron chi connectivity index (χ1n) is 2.71. The lowest BCUT2D eigenvalue weighted by molar-refractivity contribution is -0.308. The highest BCUT2D eigenvalue weighted by atomic mass is 19.1. The molecule has 0 unspecified atom stereocenters. The standard InChI is InChI=1S/C7H7FN/c1-5-3-7(8)6(2)9-4-5/h3H,1-2H3/q+1. The predicted molar refractivity (Wildman–Crippen MR) is 30.3 cm³/mol. The third kappa shape index (κ3) is 1.17. The monoisotopic (exact) mass is 124 g/mol. The van der Waals surface area contributed by atoms with E-state index in [1.807, 2.05) is 0 Å². The van der Waals surface area contributed by atoms with Gasteiger partial charge in [0, 0.05) is 6.92 Å². The van der Waals surface area contributed by atoms with Crippen LogP contribution in [-0.2, 0) is 0 Å². The Hall–Kier alpha value is -1.10. The zero-order valence-corrected chi connectivity index (χ0v) is 5.40. The Morgan fingerprint density at radius 1 is 1.56 bits per heavy atom. The first-order chi connectivity index (χ1) is 4.20. The Bertz CT molecular complexity index is 220. The molecule has 0 radical (unpaired) electrons. The average molecular weight is 124 g/mol. The Kier molecular flexibility index (Phi) is 1.35. The fourth-order valence-electron chi connectivity index (χ4n) is 0.552. The van der Waals surface area contributed by atoms with Crippen LogP contribution in [0.15, 0.2) is 6.07 Å². The quantitative estimate of drug-likeness (QED) is 0.500. The molecule has 0 spiro atoms. The van der Waals surface area contributed by atoms with Crippen molar-refractivity contribution in [3.8, 4) is 0 Å². The normalized spacial score (nSPS) is 8.78. The number of hydrogen-bond acceptors (Lipinski definition) is 0. The van der Waals surface area contributed by atoms with E-state index in [4.69, 9.17) is 0 Å². The van der Waals surface area contributed by atoms with Crippen LogP contribution < -0.4 is 4.98 Å². The van der Waals surface area contributed by atoms with Gasteiger partial charge in [-0.2, -0.15) is 4.39 Å². The molecule has 0 saturated heterocycles. The smallest absolute Gasteiger partial charge is 0.199 e. The van der Waals surface area contributed by atoms with Gasteiger partial charge in [-0.3, -0.25) is 0 Å². The van der Waals surface area contributed by atoms with Gasteiger partial charge in [0.05, 0.1) is 5.56 Å². The SMILES string of the molecule is Cc1c#[n+]c(C)c(F)c1. The minimum Gasteiger partial charge on any atom is -0.199 e. The van der Waals surface area contributed by atoms with Crippen LogP contribution in [0, 0.1) is 25.9 Å². The van der Waals surface area contributed by atoms with Crippen molar-refractivity contribution >= 4 is 0 Å². The van der Waals surface area contributed by atoms with Crippen molar-refractivity contribution in [1.82, 2.24) is 0 Å². The first-order valence-corrected chi connectivity index (χ1v) is 2.71. The van der Waals surface area contributed by atoms with Crippen molar-refractivity contribution in [2.45, 2.75) is 13.8 Å². The molecule has 1 aromatic heterocycles. The van der Waals surface area contributed by atoms with Crippen molar-refractivity contribution in [3.63, 3.8) is 0 Å². The molecular weight excluding hydrogens is 117 g/mol. The minimum atomic E-state index is -0.258. The highest BCUT2D eigenvalue weighted by molar-refractivity contribution is 5.05. The van der Waals surface area contributed by atoms with Crippen LogP contribution in [-0.4, -0.2) is 0 Å². The van der Waals surface area contributed by atoms with Crippen LogP contribution in [0.4, 0.5) is 4.39 Å². The molecule has 0 bridgehead atoms. The summed E-state index contributed by atoms with van der Waals surface area (Å²) in [6.07, 6.45) is 2.65. The van der Waals surface area contributed by atoms with Gasteiger partial charge in [0.2, 0.25) is 5.82 Å². The summed E-state index contributed by atoms with van der Waals surface area (Å²) in [5.41, 5.74) is 1.14. The number of aryl methyl sites for hydroxylation is 1. The fraction of sp³-hybridized carbons (Fsp3) is 0.286. The molecule has 0 N–H and O–H groups in total. The third-order valence-electron chi connectivity index (χ3n) is 1.09. The summed E-state index contributed by atoms with van der Waals surface area (Å²) in [6, 6.07) is 1.42. The molecule has 9 heavy (non-hydrogen) atoms. The molecule has 0 aliphatic rings. The zero-order valence-electron chi connectivity index (χ0n) is 5.40. The van der Waals surface area contributed by atoms with E-state index in [9.17, 15) is 4.39 Å². The fourth-order valence-corrected chi connectivity index (χ4v) is 0.552. The molecule has 0 fully saturated rings. The van der Waals surface area contributed by atoms with E-state index in [1.165, 1.54) is 6.07 Å². The molecule has 0 atom stereocenters. The summed E-state index contributed by atoms with van der Waals surface area (Å²) in [7, 11) is 0. The van der Waals surface area contributed by atoms with Crippen LogP contribution in [0.1, 0.15) is 11.3 Å². The third-order valence-corrected chi connectivity index (χ3v) is 1.09. The van der Waals surface area contributed by atoms with Gasteiger partial charge in [0.1, 0.15) is 0 Å². The molecular formula is C7H7FN+. The molecule has 1 nitrogen and oxygen atoms in total. The van der Waals surface area contributed by atoms with Gasteiger partial charge in [0.25, 0.3) is 0 Å². The molecule has 46 valence electrons. The van der Waals surface area contributed by atoms with Crippen LogP contribution in [0.3, 0.4) is 0 Å². The molecule has 1 aromatic rings. The van der Waals surface area contributed by atoms with Crippen molar-refractivity contribution < 1.29 is 9.37 Å². The summed E-state index contributed by atoms with van der Waals surface area (Å²) in [6.45, 7) is 3.38. The maximum atomic E-state index is 12.5. The highest BCUT2D eigenvalue weighted by Crippen LogP contribution is 1.97. The molecule has 1 rings (SSSR count). The Labute approximate surface area is 53.5 Å². The van der Waals surface area contributed by atoms with Gasteiger partial charge in [-0.25, -0.2) is 0 Å². The van der Waals surface area contributed by atoms with Gasteiger partial charge in [-0.1, -0.05) is 0 Å². The summed E-state index contributed by atoms with van der Waals surface area (Å²) >= 11 is 0. The minimum absolute atomic E-state index is 0.258. The second-order valence-corrected chi connectivity index (χ2v) is 1.98. The number of nitrogens with zero attached hydrogens (tertiary/aromatic N) is 1. The van der Waals surface area contributed by atoms with Crippen molar-refractivity contribution in [3.05, 3.63) is 29.3 Å². The summed E-state index contributed by atoms with van der Waals surface area (Å²) in [5.74, 6) is -0.258. The molecule has 1 heterocycles. The van der Waals surface area contributed by atoms with E-state index >= 15 is 0 Å². The largest absolute Gasteiger partial charge is 0.349 e. The van der Waals surface area contributed by atoms with E-state index in [0.29, 0.717) is 5.69 Å².